The van der Waals surface area contributed by atoms with Gasteiger partial charge < -0.3 is 10.1 Å². The van der Waals surface area contributed by atoms with Crippen molar-refractivity contribution >= 4 is 0 Å². The van der Waals surface area contributed by atoms with Gasteiger partial charge in [0, 0.05) is 20.2 Å². The number of ether oxygens (including phenoxy) is 1. The zero-order valence-electron chi connectivity index (χ0n) is 7.11. The molecule has 0 saturated heterocycles. The highest BCUT2D eigenvalue weighted by molar-refractivity contribution is 4.94. The van der Waals surface area contributed by atoms with Crippen LogP contribution in [0.4, 0.5) is 0 Å². The summed E-state index contributed by atoms with van der Waals surface area (Å²) in [5.74, 6) is 0. The second-order valence-electron chi connectivity index (χ2n) is 2.48. The number of rotatable bonds is 5. The van der Waals surface area contributed by atoms with Gasteiger partial charge in [0.25, 0.3) is 0 Å². The Balaban J connectivity index is 2.98. The lowest BCUT2D eigenvalue weighted by Gasteiger charge is -1.99. The van der Waals surface area contributed by atoms with E-state index in [-0.39, 0.29) is 0 Å². The van der Waals surface area contributed by atoms with E-state index in [9.17, 15) is 0 Å². The summed E-state index contributed by atoms with van der Waals surface area (Å²) in [4.78, 5) is 0. The Kier molecular flexibility index (Phi) is 6.55. The molecule has 0 saturated carbocycles. The Labute approximate surface area is 63.3 Å². The lowest BCUT2D eigenvalue weighted by atomic mass is 10.3. The average molecular weight is 143 g/mol. The number of methoxy groups -OCH3 is 1. The van der Waals surface area contributed by atoms with Crippen molar-refractivity contribution in [3.8, 4) is 0 Å². The first-order valence-corrected chi connectivity index (χ1v) is 3.60. The first-order chi connectivity index (χ1) is 4.77. The van der Waals surface area contributed by atoms with Gasteiger partial charge in [-0.2, -0.15) is 0 Å². The molecule has 0 atom stereocenters. The van der Waals surface area contributed by atoms with E-state index in [4.69, 9.17) is 4.74 Å². The van der Waals surface area contributed by atoms with Crippen molar-refractivity contribution in [3.05, 3.63) is 11.6 Å². The molecule has 0 rings (SSSR count). The summed E-state index contributed by atoms with van der Waals surface area (Å²) in [7, 11) is 1.71. The first-order valence-electron chi connectivity index (χ1n) is 3.60. The van der Waals surface area contributed by atoms with Crippen molar-refractivity contribution in [2.45, 2.75) is 13.8 Å². The van der Waals surface area contributed by atoms with E-state index in [0.717, 1.165) is 19.7 Å². The van der Waals surface area contributed by atoms with Crippen LogP contribution in [0.2, 0.25) is 0 Å². The van der Waals surface area contributed by atoms with Crippen LogP contribution in [0.1, 0.15) is 13.8 Å². The van der Waals surface area contributed by atoms with Gasteiger partial charge in [-0.1, -0.05) is 11.6 Å². The van der Waals surface area contributed by atoms with Crippen LogP contribution in [0.15, 0.2) is 11.6 Å². The zero-order chi connectivity index (χ0) is 7.82. The van der Waals surface area contributed by atoms with E-state index < -0.39 is 0 Å². The van der Waals surface area contributed by atoms with Gasteiger partial charge in [-0.3, -0.25) is 0 Å². The Morgan fingerprint density at radius 3 is 2.70 bits per heavy atom. The quantitative estimate of drug-likeness (QED) is 0.461. The molecule has 0 radical (unpaired) electrons. The largest absolute Gasteiger partial charge is 0.383 e. The van der Waals surface area contributed by atoms with Gasteiger partial charge in [0.2, 0.25) is 0 Å². The van der Waals surface area contributed by atoms with Crippen molar-refractivity contribution < 1.29 is 4.74 Å². The summed E-state index contributed by atoms with van der Waals surface area (Å²) in [6.45, 7) is 6.86. The highest BCUT2D eigenvalue weighted by atomic mass is 16.5. The van der Waals surface area contributed by atoms with Crippen LogP contribution in [0.5, 0.6) is 0 Å². The third-order valence-corrected chi connectivity index (χ3v) is 1.14. The van der Waals surface area contributed by atoms with Gasteiger partial charge in [-0.15, -0.1) is 0 Å². The van der Waals surface area contributed by atoms with Crippen LogP contribution in [-0.4, -0.2) is 26.8 Å². The third kappa shape index (κ3) is 7.66. The minimum absolute atomic E-state index is 0.788. The third-order valence-electron chi connectivity index (χ3n) is 1.14. The SMILES string of the molecule is COCCNCC=C(C)C. The fourth-order valence-corrected chi connectivity index (χ4v) is 0.553. The summed E-state index contributed by atoms with van der Waals surface area (Å²) < 4.78 is 4.87. The molecule has 0 heterocycles. The molecule has 0 aliphatic heterocycles. The molecule has 2 heteroatoms. The summed E-state index contributed by atoms with van der Waals surface area (Å²) in [6.07, 6.45) is 2.16. The van der Waals surface area contributed by atoms with E-state index >= 15 is 0 Å². The molecule has 0 aromatic heterocycles. The Morgan fingerprint density at radius 2 is 2.20 bits per heavy atom. The van der Waals surface area contributed by atoms with Gasteiger partial charge in [0.05, 0.1) is 6.61 Å². The molecule has 1 N–H and O–H groups in total. The molecule has 0 aromatic carbocycles. The maximum Gasteiger partial charge on any atom is 0.0587 e. The van der Waals surface area contributed by atoms with Crippen molar-refractivity contribution in [3.63, 3.8) is 0 Å². The maximum absolute atomic E-state index is 4.87. The Hall–Kier alpha value is -0.340. The maximum atomic E-state index is 4.87. The van der Waals surface area contributed by atoms with E-state index in [2.05, 4.69) is 25.2 Å². The minimum Gasteiger partial charge on any atom is -0.383 e. The van der Waals surface area contributed by atoms with Crippen LogP contribution in [0.3, 0.4) is 0 Å². The highest BCUT2D eigenvalue weighted by Gasteiger charge is 1.81. The first kappa shape index (κ1) is 9.66. The fraction of sp³-hybridized carbons (Fsp3) is 0.750. The van der Waals surface area contributed by atoms with E-state index in [0.29, 0.717) is 0 Å². The summed E-state index contributed by atoms with van der Waals surface area (Å²) in [5.41, 5.74) is 1.35. The number of nitrogens with one attached hydrogen (secondary N) is 1. The van der Waals surface area contributed by atoms with Gasteiger partial charge >= 0.3 is 0 Å². The number of hydrogen-bond donors (Lipinski definition) is 1. The van der Waals surface area contributed by atoms with Gasteiger partial charge in [0.1, 0.15) is 0 Å². The van der Waals surface area contributed by atoms with Crippen LogP contribution in [-0.2, 0) is 4.74 Å². The molecule has 0 bridgehead atoms. The Bertz CT molecular complexity index is 95.4. The van der Waals surface area contributed by atoms with Crippen LogP contribution in [0.25, 0.3) is 0 Å². The molecule has 2 nitrogen and oxygen atoms in total. The lowest BCUT2D eigenvalue weighted by Crippen LogP contribution is -2.18. The topological polar surface area (TPSA) is 21.3 Å². The molecule has 0 aromatic rings. The second kappa shape index (κ2) is 6.78. The van der Waals surface area contributed by atoms with Crippen LogP contribution in [0, 0.1) is 0 Å². The number of allylic oxidation sites excluding steroid dienone is 1. The molecule has 0 unspecified atom stereocenters. The van der Waals surface area contributed by atoms with Crippen LogP contribution < -0.4 is 5.32 Å². The van der Waals surface area contributed by atoms with Crippen molar-refractivity contribution in [2.75, 3.05) is 26.8 Å². The van der Waals surface area contributed by atoms with Gasteiger partial charge in [-0.05, 0) is 13.8 Å². The summed E-state index contributed by atoms with van der Waals surface area (Å²) in [6, 6.07) is 0. The lowest BCUT2D eigenvalue weighted by molar-refractivity contribution is 0.200. The molecular formula is C8H17NO. The normalized spacial score (nSPS) is 9.50. The minimum atomic E-state index is 0.788. The van der Waals surface area contributed by atoms with Gasteiger partial charge in [-0.25, -0.2) is 0 Å². The highest BCUT2D eigenvalue weighted by Crippen LogP contribution is 1.84. The smallest absolute Gasteiger partial charge is 0.0587 e. The molecule has 60 valence electrons. The molecule has 10 heavy (non-hydrogen) atoms. The van der Waals surface area contributed by atoms with Crippen molar-refractivity contribution in [1.29, 1.82) is 0 Å². The van der Waals surface area contributed by atoms with Crippen molar-refractivity contribution in [2.24, 2.45) is 0 Å². The standard InChI is InChI=1S/C8H17NO/c1-8(2)4-5-9-6-7-10-3/h4,9H,5-7H2,1-3H3. The fourth-order valence-electron chi connectivity index (χ4n) is 0.553. The monoisotopic (exact) mass is 143 g/mol. The van der Waals surface area contributed by atoms with E-state index in [1.54, 1.807) is 7.11 Å². The molecule has 0 spiro atoms. The number of hydrogen-bond acceptors (Lipinski definition) is 2. The summed E-state index contributed by atoms with van der Waals surface area (Å²) in [5, 5.41) is 3.22. The molecule has 0 fully saturated rings. The van der Waals surface area contributed by atoms with Crippen molar-refractivity contribution in [1.82, 2.24) is 5.32 Å². The molecular weight excluding hydrogens is 126 g/mol. The zero-order valence-corrected chi connectivity index (χ0v) is 7.11. The predicted molar refractivity (Wildman–Crippen MR) is 44.2 cm³/mol. The van der Waals surface area contributed by atoms with Crippen LogP contribution >= 0.6 is 0 Å². The molecule has 0 aliphatic rings. The molecule has 0 aliphatic carbocycles. The predicted octanol–water partition coefficient (Wildman–Crippen LogP) is 1.19. The second-order valence-corrected chi connectivity index (χ2v) is 2.48. The van der Waals surface area contributed by atoms with Gasteiger partial charge in [0.15, 0.2) is 0 Å². The van der Waals surface area contributed by atoms with E-state index in [1.807, 2.05) is 0 Å². The molecule has 0 amide bonds. The summed E-state index contributed by atoms with van der Waals surface area (Å²) >= 11 is 0. The Morgan fingerprint density at radius 1 is 1.50 bits per heavy atom. The van der Waals surface area contributed by atoms with E-state index in [1.165, 1.54) is 5.57 Å². The average Bonchev–Trinajstić information content (AvgIpc) is 1.87.